The van der Waals surface area contributed by atoms with Crippen LogP contribution in [0, 0.1) is 0 Å². The first-order valence-corrected chi connectivity index (χ1v) is 18.2. The number of unbranched alkanes of at least 4 members (excludes halogenated alkanes) is 2. The molecule has 0 saturated carbocycles. The second-order valence-corrected chi connectivity index (χ2v) is 17.5. The van der Waals surface area contributed by atoms with E-state index in [1.165, 1.54) is 0 Å². The van der Waals surface area contributed by atoms with E-state index in [1.54, 1.807) is 48.5 Å². The van der Waals surface area contributed by atoms with Crippen LogP contribution < -0.4 is 9.47 Å². The number of hydrogen-bond acceptors (Lipinski definition) is 6. The van der Waals surface area contributed by atoms with Gasteiger partial charge in [-0.15, -0.1) is 0 Å². The molecule has 2 aromatic rings. The molecule has 0 bridgehead atoms. The number of hydrogen-bond donors (Lipinski definition) is 0. The van der Waals surface area contributed by atoms with Crippen LogP contribution in [0.1, 0.15) is 39.5 Å². The number of benzene rings is 2. The molecular weight excluding hydrogens is 574 g/mol. The topological polar surface area (TPSA) is 71.1 Å². The van der Waals surface area contributed by atoms with Crippen LogP contribution in [-0.4, -0.2) is 44.4 Å². The van der Waals surface area contributed by atoms with Crippen molar-refractivity contribution in [1.29, 1.82) is 0 Å². The molecule has 2 aromatic carbocycles. The SMILES string of the molecule is CCC[CH2][Sn]([CH2]CCC)([O]C(=O)COc1ccccc1Cl)[O]C(=O)COc1ccccc1Cl. The summed E-state index contributed by atoms with van der Waals surface area (Å²) in [5.41, 5.74) is 0. The summed E-state index contributed by atoms with van der Waals surface area (Å²) < 4.78 is 24.1. The van der Waals surface area contributed by atoms with E-state index in [9.17, 15) is 9.59 Å². The molecule has 6 nitrogen and oxygen atoms in total. The van der Waals surface area contributed by atoms with Crippen molar-refractivity contribution in [3.8, 4) is 11.5 Å². The van der Waals surface area contributed by atoms with Crippen molar-refractivity contribution < 1.29 is 25.2 Å². The van der Waals surface area contributed by atoms with Gasteiger partial charge in [0.1, 0.15) is 0 Å². The summed E-state index contributed by atoms with van der Waals surface area (Å²) in [6.45, 7) is 3.46. The Morgan fingerprint density at radius 1 is 0.727 bits per heavy atom. The summed E-state index contributed by atoms with van der Waals surface area (Å²) in [5, 5.41) is 0.806. The summed E-state index contributed by atoms with van der Waals surface area (Å²) in [5.74, 6) is -0.330. The Bertz CT molecular complexity index is 835. The van der Waals surface area contributed by atoms with Gasteiger partial charge < -0.3 is 0 Å². The molecule has 0 aliphatic heterocycles. The van der Waals surface area contributed by atoms with Crippen molar-refractivity contribution in [3.63, 3.8) is 0 Å². The fourth-order valence-electron chi connectivity index (χ4n) is 3.11. The molecule has 0 spiro atoms. The van der Waals surface area contributed by atoms with Gasteiger partial charge in [-0.05, 0) is 0 Å². The van der Waals surface area contributed by atoms with E-state index in [1.807, 2.05) is 13.8 Å². The summed E-state index contributed by atoms with van der Waals surface area (Å²) in [7, 11) is 0. The molecule has 0 heterocycles. The molecule has 0 fully saturated rings. The van der Waals surface area contributed by atoms with Crippen molar-refractivity contribution in [2.75, 3.05) is 13.2 Å². The number of para-hydroxylation sites is 2. The van der Waals surface area contributed by atoms with Gasteiger partial charge in [-0.25, -0.2) is 0 Å². The van der Waals surface area contributed by atoms with Crippen LogP contribution in [0.4, 0.5) is 0 Å². The van der Waals surface area contributed by atoms with Gasteiger partial charge >= 0.3 is 211 Å². The normalized spacial score (nSPS) is 11.0. The monoisotopic (exact) mass is 604 g/mol. The van der Waals surface area contributed by atoms with E-state index in [4.69, 9.17) is 38.8 Å². The van der Waals surface area contributed by atoms with E-state index in [2.05, 4.69) is 0 Å². The zero-order chi connectivity index (χ0) is 24.1. The summed E-state index contributed by atoms with van der Waals surface area (Å²) >= 11 is 8.06. The van der Waals surface area contributed by atoms with Crippen LogP contribution in [-0.2, 0) is 15.7 Å². The van der Waals surface area contributed by atoms with E-state index < -0.39 is 31.1 Å². The van der Waals surface area contributed by atoms with Crippen molar-refractivity contribution in [2.24, 2.45) is 0 Å². The zero-order valence-electron chi connectivity index (χ0n) is 19.0. The van der Waals surface area contributed by atoms with Gasteiger partial charge in [-0.3, -0.25) is 0 Å². The third-order valence-electron chi connectivity index (χ3n) is 4.79. The number of rotatable bonds is 14. The van der Waals surface area contributed by atoms with Gasteiger partial charge in [0.15, 0.2) is 0 Å². The molecule has 0 aliphatic rings. The molecule has 33 heavy (non-hydrogen) atoms. The second kappa shape index (κ2) is 14.6. The van der Waals surface area contributed by atoms with Crippen LogP contribution in [0.25, 0.3) is 0 Å². The third-order valence-corrected chi connectivity index (χ3v) is 15.2. The zero-order valence-corrected chi connectivity index (χ0v) is 23.3. The Labute approximate surface area is 210 Å². The van der Waals surface area contributed by atoms with Gasteiger partial charge in [0.25, 0.3) is 0 Å². The van der Waals surface area contributed by atoms with Gasteiger partial charge in [0, 0.05) is 0 Å². The maximum absolute atomic E-state index is 12.7. The van der Waals surface area contributed by atoms with Gasteiger partial charge in [0.2, 0.25) is 0 Å². The third kappa shape index (κ3) is 9.63. The van der Waals surface area contributed by atoms with Crippen molar-refractivity contribution >= 4 is 54.3 Å². The number of carbonyl (C=O) groups excluding carboxylic acids is 2. The van der Waals surface area contributed by atoms with E-state index in [0.29, 0.717) is 30.4 Å². The first kappa shape index (κ1) is 27.6. The fourth-order valence-corrected chi connectivity index (χ4v) is 13.3. The molecule has 0 atom stereocenters. The minimum absolute atomic E-state index is 0.311. The van der Waals surface area contributed by atoms with Crippen LogP contribution in [0.3, 0.4) is 0 Å². The number of carbonyl (C=O) groups is 2. The Hall–Kier alpha value is -1.64. The first-order chi connectivity index (χ1) is 15.9. The predicted octanol–water partition coefficient (Wildman–Crippen LogP) is 6.58. The van der Waals surface area contributed by atoms with Crippen LogP contribution in [0.5, 0.6) is 11.5 Å². The Morgan fingerprint density at radius 3 is 1.48 bits per heavy atom. The van der Waals surface area contributed by atoms with Crippen LogP contribution in [0.2, 0.25) is 18.9 Å². The molecule has 0 N–H and O–H groups in total. The molecule has 2 rings (SSSR count). The average Bonchev–Trinajstić information content (AvgIpc) is 2.80. The second-order valence-electron chi connectivity index (χ2n) is 7.50. The Balaban J connectivity index is 2.07. The Morgan fingerprint density at radius 2 is 1.12 bits per heavy atom. The summed E-state index contributed by atoms with van der Waals surface area (Å²) in [6, 6.07) is 13.8. The van der Waals surface area contributed by atoms with E-state index in [0.717, 1.165) is 25.7 Å². The molecule has 0 amide bonds. The summed E-state index contributed by atoms with van der Waals surface area (Å²) in [6.07, 6.45) is 3.40. The van der Waals surface area contributed by atoms with Crippen molar-refractivity contribution in [2.45, 2.75) is 48.4 Å². The maximum atomic E-state index is 12.7. The molecule has 0 unspecified atom stereocenters. The standard InChI is InChI=1S/2C8H7ClO3.2C4H9.Sn/c2*9-6-3-1-2-4-7(6)12-5-8(10)11;2*1-3-4-2;/h2*1-4H,5H2,(H,10,11);2*1,3-4H2,2H3;/q;;;;+2/p-2. The fraction of sp³-hybridized carbons (Fsp3) is 0.417. The first-order valence-electron chi connectivity index (χ1n) is 11.1. The van der Waals surface area contributed by atoms with E-state index >= 15 is 0 Å². The van der Waals surface area contributed by atoms with Gasteiger partial charge in [-0.2, -0.15) is 0 Å². The summed E-state index contributed by atoms with van der Waals surface area (Å²) in [4.78, 5) is 25.4. The number of halogens is 2. The van der Waals surface area contributed by atoms with Crippen LogP contribution in [0.15, 0.2) is 48.5 Å². The predicted molar refractivity (Wildman–Crippen MR) is 131 cm³/mol. The molecule has 0 aliphatic carbocycles. The Kier molecular flexibility index (Phi) is 12.2. The molecule has 0 radical (unpaired) electrons. The van der Waals surface area contributed by atoms with Gasteiger partial charge in [-0.1, -0.05) is 0 Å². The van der Waals surface area contributed by atoms with Crippen LogP contribution >= 0.6 is 23.2 Å². The van der Waals surface area contributed by atoms with Gasteiger partial charge in [0.05, 0.1) is 0 Å². The quantitative estimate of drug-likeness (QED) is 0.227. The van der Waals surface area contributed by atoms with Crippen molar-refractivity contribution in [1.82, 2.24) is 0 Å². The van der Waals surface area contributed by atoms with E-state index in [-0.39, 0.29) is 13.2 Å². The molecule has 0 saturated heterocycles. The van der Waals surface area contributed by atoms with Crippen molar-refractivity contribution in [3.05, 3.63) is 58.6 Å². The molecule has 0 aromatic heterocycles. The number of ether oxygens (including phenoxy) is 2. The molecular formula is C24H30Cl2O6Sn. The molecule has 180 valence electrons. The average molecular weight is 604 g/mol. The molecule has 9 heteroatoms. The minimum atomic E-state index is -4.11.